The zero-order valence-electron chi connectivity index (χ0n) is 12.0. The molecule has 0 aliphatic rings. The van der Waals surface area contributed by atoms with E-state index in [0.29, 0.717) is 16.2 Å². The third-order valence-electron chi connectivity index (χ3n) is 3.18. The number of carboxylic acids is 1. The molecule has 0 saturated heterocycles. The molecule has 2 atom stereocenters. The Hall–Kier alpha value is -1.68. The SMILES string of the molecule is Cc1csc(C(O)(CC(=O)N(C)C(C)C(=O)O)C(F)(F)F)n1. The molecule has 6 nitrogen and oxygen atoms in total. The number of nitrogens with zero attached hydrogens (tertiary/aromatic N) is 2. The van der Waals surface area contributed by atoms with Gasteiger partial charge in [0.1, 0.15) is 11.0 Å². The lowest BCUT2D eigenvalue weighted by molar-refractivity contribution is -0.268. The van der Waals surface area contributed by atoms with Gasteiger partial charge in [0.2, 0.25) is 11.5 Å². The van der Waals surface area contributed by atoms with E-state index in [-0.39, 0.29) is 5.69 Å². The van der Waals surface area contributed by atoms with E-state index < -0.39 is 41.1 Å². The molecular weight excluding hydrogens is 325 g/mol. The van der Waals surface area contributed by atoms with Crippen molar-refractivity contribution in [3.05, 3.63) is 16.1 Å². The smallest absolute Gasteiger partial charge is 0.424 e. The van der Waals surface area contributed by atoms with E-state index >= 15 is 0 Å². The minimum Gasteiger partial charge on any atom is -0.480 e. The van der Waals surface area contributed by atoms with Gasteiger partial charge in [-0.2, -0.15) is 13.2 Å². The molecule has 0 spiro atoms. The van der Waals surface area contributed by atoms with Gasteiger partial charge >= 0.3 is 12.1 Å². The Balaban J connectivity index is 3.11. The number of rotatable bonds is 5. The monoisotopic (exact) mass is 340 g/mol. The Labute approximate surface area is 128 Å². The van der Waals surface area contributed by atoms with Crippen LogP contribution in [0.2, 0.25) is 0 Å². The average Bonchev–Trinajstić information content (AvgIpc) is 2.82. The van der Waals surface area contributed by atoms with Crippen molar-refractivity contribution in [1.29, 1.82) is 0 Å². The van der Waals surface area contributed by atoms with E-state index in [9.17, 15) is 27.9 Å². The predicted octanol–water partition coefficient (Wildman–Crippen LogP) is 1.52. The van der Waals surface area contributed by atoms with Crippen molar-refractivity contribution in [2.45, 2.75) is 38.1 Å². The van der Waals surface area contributed by atoms with Gasteiger partial charge in [0.25, 0.3) is 0 Å². The zero-order chi connectivity index (χ0) is 17.3. The van der Waals surface area contributed by atoms with Crippen molar-refractivity contribution in [1.82, 2.24) is 9.88 Å². The molecule has 0 bridgehead atoms. The highest BCUT2D eigenvalue weighted by molar-refractivity contribution is 7.09. The standard InChI is InChI=1S/C12H15F3N2O4S/c1-6-5-22-10(16-6)11(21,12(13,14)15)4-8(18)17(3)7(2)9(19)20/h5,7,21H,4H2,1-3H3,(H,19,20). The van der Waals surface area contributed by atoms with Crippen molar-refractivity contribution in [3.63, 3.8) is 0 Å². The van der Waals surface area contributed by atoms with Crippen molar-refractivity contribution >= 4 is 23.2 Å². The van der Waals surface area contributed by atoms with Crippen LogP contribution in [0.5, 0.6) is 0 Å². The Bertz CT molecular complexity index is 575. The molecule has 22 heavy (non-hydrogen) atoms. The molecule has 0 fully saturated rings. The molecule has 1 heterocycles. The Kier molecular flexibility index (Phi) is 5.18. The van der Waals surface area contributed by atoms with Crippen LogP contribution in [0.1, 0.15) is 24.0 Å². The van der Waals surface area contributed by atoms with E-state index in [4.69, 9.17) is 5.11 Å². The summed E-state index contributed by atoms with van der Waals surface area (Å²) in [6.07, 6.45) is -6.46. The van der Waals surface area contributed by atoms with Gasteiger partial charge in [0.15, 0.2) is 0 Å². The number of amides is 1. The lowest BCUT2D eigenvalue weighted by atomic mass is 9.98. The highest BCUT2D eigenvalue weighted by Crippen LogP contribution is 2.43. The molecule has 1 rings (SSSR count). The molecule has 10 heteroatoms. The first kappa shape index (κ1) is 18.4. The van der Waals surface area contributed by atoms with Crippen LogP contribution in [0.15, 0.2) is 5.38 Å². The average molecular weight is 340 g/mol. The number of aliphatic hydroxyl groups is 1. The first-order valence-electron chi connectivity index (χ1n) is 6.10. The molecule has 2 unspecified atom stereocenters. The highest BCUT2D eigenvalue weighted by Gasteiger charge is 2.58. The quantitative estimate of drug-likeness (QED) is 0.848. The summed E-state index contributed by atoms with van der Waals surface area (Å²) >= 11 is 0.584. The van der Waals surface area contributed by atoms with Crippen LogP contribution in [0, 0.1) is 6.92 Å². The topological polar surface area (TPSA) is 90.7 Å². The Morgan fingerprint density at radius 3 is 2.36 bits per heavy atom. The summed E-state index contributed by atoms with van der Waals surface area (Å²) in [4.78, 5) is 26.9. The van der Waals surface area contributed by atoms with Gasteiger partial charge in [-0.15, -0.1) is 11.3 Å². The van der Waals surface area contributed by atoms with Crippen LogP contribution in [0.3, 0.4) is 0 Å². The van der Waals surface area contributed by atoms with E-state index in [1.807, 2.05) is 0 Å². The lowest BCUT2D eigenvalue weighted by Gasteiger charge is -2.30. The number of aromatic nitrogens is 1. The largest absolute Gasteiger partial charge is 0.480 e. The number of hydrogen-bond donors (Lipinski definition) is 2. The fourth-order valence-electron chi connectivity index (χ4n) is 1.57. The summed E-state index contributed by atoms with van der Waals surface area (Å²) in [6.45, 7) is 2.61. The van der Waals surface area contributed by atoms with E-state index in [2.05, 4.69) is 4.98 Å². The Morgan fingerprint density at radius 1 is 1.45 bits per heavy atom. The number of carbonyl (C=O) groups excluding carboxylic acids is 1. The van der Waals surface area contributed by atoms with Crippen molar-refractivity contribution in [3.8, 4) is 0 Å². The second kappa shape index (κ2) is 6.21. The van der Waals surface area contributed by atoms with E-state index in [1.165, 1.54) is 12.3 Å². The maximum absolute atomic E-state index is 13.2. The molecule has 0 aromatic carbocycles. The van der Waals surface area contributed by atoms with Crippen LogP contribution in [0.4, 0.5) is 13.2 Å². The fraction of sp³-hybridized carbons (Fsp3) is 0.583. The second-order valence-electron chi connectivity index (χ2n) is 4.85. The van der Waals surface area contributed by atoms with E-state index in [1.54, 1.807) is 0 Å². The van der Waals surface area contributed by atoms with Crippen LogP contribution >= 0.6 is 11.3 Å². The normalized spacial score (nSPS) is 16.0. The number of halogens is 3. The van der Waals surface area contributed by atoms with Crippen LogP contribution in [-0.2, 0) is 15.2 Å². The molecular formula is C12H15F3N2O4S. The molecule has 1 aromatic rings. The minimum absolute atomic E-state index is 0.280. The number of carboxylic acid groups (broad SMARTS) is 1. The van der Waals surface area contributed by atoms with Gasteiger partial charge in [-0.1, -0.05) is 0 Å². The Morgan fingerprint density at radius 2 is 2.00 bits per heavy atom. The molecule has 0 saturated carbocycles. The third kappa shape index (κ3) is 3.55. The molecule has 1 aromatic heterocycles. The molecule has 0 radical (unpaired) electrons. The summed E-state index contributed by atoms with van der Waals surface area (Å²) in [5.41, 5.74) is -3.17. The van der Waals surface area contributed by atoms with Crippen LogP contribution < -0.4 is 0 Å². The lowest BCUT2D eigenvalue weighted by Crippen LogP contribution is -2.49. The summed E-state index contributed by atoms with van der Waals surface area (Å²) < 4.78 is 39.6. The maximum atomic E-state index is 13.2. The zero-order valence-corrected chi connectivity index (χ0v) is 12.8. The van der Waals surface area contributed by atoms with Crippen molar-refractivity contribution in [2.75, 3.05) is 7.05 Å². The van der Waals surface area contributed by atoms with Gasteiger partial charge in [-0.25, -0.2) is 9.78 Å². The summed E-state index contributed by atoms with van der Waals surface area (Å²) in [5.74, 6) is -2.51. The van der Waals surface area contributed by atoms with Gasteiger partial charge in [-0.05, 0) is 13.8 Å². The fourth-order valence-corrected chi connectivity index (χ4v) is 2.48. The second-order valence-corrected chi connectivity index (χ2v) is 5.71. The van der Waals surface area contributed by atoms with Gasteiger partial charge in [0.05, 0.1) is 6.42 Å². The summed E-state index contributed by atoms with van der Waals surface area (Å²) in [7, 11) is 1.06. The van der Waals surface area contributed by atoms with E-state index in [0.717, 1.165) is 14.0 Å². The number of aliphatic carboxylic acids is 1. The molecule has 0 aliphatic heterocycles. The number of alkyl halides is 3. The molecule has 124 valence electrons. The number of thiazole rings is 1. The highest BCUT2D eigenvalue weighted by atomic mass is 32.1. The molecule has 0 aliphatic carbocycles. The number of carbonyl (C=O) groups is 2. The molecule has 2 N–H and O–H groups in total. The predicted molar refractivity (Wildman–Crippen MR) is 71.3 cm³/mol. The van der Waals surface area contributed by atoms with Gasteiger partial charge in [0, 0.05) is 18.1 Å². The minimum atomic E-state index is -5.12. The van der Waals surface area contributed by atoms with Crippen LogP contribution in [-0.4, -0.2) is 51.2 Å². The summed E-state index contributed by atoms with van der Waals surface area (Å²) in [6, 6.07) is -1.32. The number of likely N-dealkylation sites (N-methyl/N-ethyl adjacent to an activating group) is 1. The third-order valence-corrected chi connectivity index (χ3v) is 4.29. The van der Waals surface area contributed by atoms with Gasteiger partial charge < -0.3 is 15.1 Å². The number of aryl methyl sites for hydroxylation is 1. The molecule has 1 amide bonds. The van der Waals surface area contributed by atoms with Crippen molar-refractivity contribution in [2.24, 2.45) is 0 Å². The first-order chi connectivity index (χ1) is 9.90. The maximum Gasteiger partial charge on any atom is 0.424 e. The van der Waals surface area contributed by atoms with Crippen LogP contribution in [0.25, 0.3) is 0 Å². The summed E-state index contributed by atoms with van der Waals surface area (Å²) in [5, 5.41) is 19.5. The van der Waals surface area contributed by atoms with Crippen molar-refractivity contribution < 1.29 is 33.0 Å². The number of hydrogen-bond acceptors (Lipinski definition) is 5. The van der Waals surface area contributed by atoms with Gasteiger partial charge in [-0.3, -0.25) is 4.79 Å². The first-order valence-corrected chi connectivity index (χ1v) is 6.98.